The van der Waals surface area contributed by atoms with Crippen molar-refractivity contribution in [1.82, 2.24) is 10.2 Å². The lowest BCUT2D eigenvalue weighted by Crippen LogP contribution is -2.39. The van der Waals surface area contributed by atoms with Crippen LogP contribution in [0.25, 0.3) is 0 Å². The van der Waals surface area contributed by atoms with Gasteiger partial charge in [-0.05, 0) is 49.1 Å². The molecule has 1 aromatic carbocycles. The minimum Gasteiger partial charge on any atom is -0.469 e. The fourth-order valence-corrected chi connectivity index (χ4v) is 3.45. The van der Waals surface area contributed by atoms with Gasteiger partial charge in [-0.1, -0.05) is 12.1 Å². The van der Waals surface area contributed by atoms with E-state index in [-0.39, 0.29) is 0 Å². The third-order valence-corrected chi connectivity index (χ3v) is 4.89. The van der Waals surface area contributed by atoms with Gasteiger partial charge in [-0.2, -0.15) is 0 Å². The molecule has 1 aliphatic heterocycles. The van der Waals surface area contributed by atoms with Crippen molar-refractivity contribution in [3.8, 4) is 0 Å². The van der Waals surface area contributed by atoms with E-state index in [1.165, 1.54) is 43.6 Å². The highest BCUT2D eigenvalue weighted by Crippen LogP contribution is 2.20. The van der Waals surface area contributed by atoms with Crippen molar-refractivity contribution in [2.75, 3.05) is 38.6 Å². The molecule has 1 aromatic heterocycles. The van der Waals surface area contributed by atoms with Gasteiger partial charge in [-0.25, -0.2) is 0 Å². The Kier molecular flexibility index (Phi) is 6.58. The van der Waals surface area contributed by atoms with Crippen LogP contribution in [0, 0.1) is 0 Å². The molecule has 3 rings (SSSR count). The Bertz CT molecular complexity index is 673. The number of nitrogens with one attached hydrogen (secondary N) is 1. The van der Waals surface area contributed by atoms with Gasteiger partial charge in [0, 0.05) is 52.4 Å². The summed E-state index contributed by atoms with van der Waals surface area (Å²) < 4.78 is 5.37. The molecule has 2 heterocycles. The zero-order valence-electron chi connectivity index (χ0n) is 15.9. The Morgan fingerprint density at radius 2 is 1.92 bits per heavy atom. The number of hydrogen-bond donors (Lipinski definition) is 1. The van der Waals surface area contributed by atoms with E-state index >= 15 is 0 Å². The third-order valence-electron chi connectivity index (χ3n) is 4.89. The average molecular weight is 354 g/mol. The van der Waals surface area contributed by atoms with E-state index in [0.717, 1.165) is 31.2 Å². The maximum absolute atomic E-state index is 5.37. The van der Waals surface area contributed by atoms with Crippen LogP contribution in [0.2, 0.25) is 0 Å². The van der Waals surface area contributed by atoms with Crippen molar-refractivity contribution in [1.29, 1.82) is 0 Å². The van der Waals surface area contributed by atoms with Crippen molar-refractivity contribution in [2.24, 2.45) is 4.99 Å². The molecule has 0 saturated carbocycles. The molecule has 1 saturated heterocycles. The largest absolute Gasteiger partial charge is 0.469 e. The van der Waals surface area contributed by atoms with E-state index in [0.29, 0.717) is 0 Å². The number of anilines is 1. The van der Waals surface area contributed by atoms with Crippen molar-refractivity contribution in [3.05, 3.63) is 54.0 Å². The summed E-state index contributed by atoms with van der Waals surface area (Å²) in [6, 6.07) is 12.9. The molecular formula is C21H30N4O. The van der Waals surface area contributed by atoms with Gasteiger partial charge in [-0.15, -0.1) is 0 Å². The van der Waals surface area contributed by atoms with E-state index in [9.17, 15) is 0 Å². The molecule has 0 aliphatic carbocycles. The fourth-order valence-electron chi connectivity index (χ4n) is 3.45. The van der Waals surface area contributed by atoms with Gasteiger partial charge in [0.05, 0.1) is 6.26 Å². The maximum atomic E-state index is 5.37. The molecule has 1 aliphatic rings. The molecule has 140 valence electrons. The highest BCUT2D eigenvalue weighted by atomic mass is 16.3. The molecule has 0 bridgehead atoms. The van der Waals surface area contributed by atoms with Crippen LogP contribution in [0.3, 0.4) is 0 Å². The minimum absolute atomic E-state index is 0.804. The summed E-state index contributed by atoms with van der Waals surface area (Å²) in [5, 5.41) is 3.40. The van der Waals surface area contributed by atoms with Crippen molar-refractivity contribution in [3.63, 3.8) is 0 Å². The first-order valence-electron chi connectivity index (χ1n) is 9.54. The SMILES string of the molecule is CN=C(NCCc1ccco1)N(C)Cc1ccc(N2CCCCC2)cc1. The zero-order valence-corrected chi connectivity index (χ0v) is 15.9. The van der Waals surface area contributed by atoms with Crippen LogP contribution in [-0.2, 0) is 13.0 Å². The Hall–Kier alpha value is -2.43. The molecule has 1 N–H and O–H groups in total. The van der Waals surface area contributed by atoms with Gasteiger partial charge < -0.3 is 19.5 Å². The first kappa shape index (κ1) is 18.4. The van der Waals surface area contributed by atoms with E-state index in [2.05, 4.69) is 51.4 Å². The summed E-state index contributed by atoms with van der Waals surface area (Å²) >= 11 is 0. The second kappa shape index (κ2) is 9.32. The lowest BCUT2D eigenvalue weighted by Gasteiger charge is -2.29. The van der Waals surface area contributed by atoms with Crippen LogP contribution < -0.4 is 10.2 Å². The van der Waals surface area contributed by atoms with E-state index in [1.54, 1.807) is 6.26 Å². The van der Waals surface area contributed by atoms with E-state index < -0.39 is 0 Å². The molecule has 0 atom stereocenters. The molecule has 0 spiro atoms. The summed E-state index contributed by atoms with van der Waals surface area (Å²) in [6.45, 7) is 4.01. The minimum atomic E-state index is 0.804. The number of piperidine rings is 1. The summed E-state index contributed by atoms with van der Waals surface area (Å²) in [5.41, 5.74) is 2.64. The molecule has 5 nitrogen and oxygen atoms in total. The molecule has 0 unspecified atom stereocenters. The number of nitrogens with zero attached hydrogens (tertiary/aromatic N) is 3. The van der Waals surface area contributed by atoms with Crippen LogP contribution in [-0.4, -0.2) is 44.6 Å². The maximum Gasteiger partial charge on any atom is 0.193 e. The molecule has 26 heavy (non-hydrogen) atoms. The van der Waals surface area contributed by atoms with Gasteiger partial charge in [0.15, 0.2) is 5.96 Å². The molecule has 0 amide bonds. The summed E-state index contributed by atoms with van der Waals surface area (Å²) in [6.07, 6.45) is 6.55. The van der Waals surface area contributed by atoms with Gasteiger partial charge in [0.1, 0.15) is 5.76 Å². The highest BCUT2D eigenvalue weighted by molar-refractivity contribution is 5.79. The lowest BCUT2D eigenvalue weighted by atomic mass is 10.1. The molecule has 0 radical (unpaired) electrons. The highest BCUT2D eigenvalue weighted by Gasteiger charge is 2.11. The number of guanidine groups is 1. The number of furan rings is 1. The number of rotatable bonds is 6. The van der Waals surface area contributed by atoms with Crippen molar-refractivity contribution in [2.45, 2.75) is 32.2 Å². The second-order valence-corrected chi connectivity index (χ2v) is 6.87. The van der Waals surface area contributed by atoms with Crippen molar-refractivity contribution >= 4 is 11.6 Å². The molecule has 2 aromatic rings. The topological polar surface area (TPSA) is 44.0 Å². The standard InChI is InChI=1S/C21H30N4O/c1-22-21(23-13-12-20-7-6-16-26-20)24(2)17-18-8-10-19(11-9-18)25-14-4-3-5-15-25/h6-11,16H,3-5,12-15,17H2,1-2H3,(H,22,23). The molecule has 5 heteroatoms. The predicted molar refractivity (Wildman–Crippen MR) is 108 cm³/mol. The quantitative estimate of drug-likeness (QED) is 0.637. The number of benzene rings is 1. The summed E-state index contributed by atoms with van der Waals surface area (Å²) in [5.74, 6) is 1.89. The van der Waals surface area contributed by atoms with Crippen LogP contribution in [0.5, 0.6) is 0 Å². The van der Waals surface area contributed by atoms with Crippen LogP contribution in [0.4, 0.5) is 5.69 Å². The number of hydrogen-bond acceptors (Lipinski definition) is 3. The van der Waals surface area contributed by atoms with Crippen LogP contribution >= 0.6 is 0 Å². The smallest absolute Gasteiger partial charge is 0.193 e. The van der Waals surface area contributed by atoms with Gasteiger partial charge in [0.2, 0.25) is 0 Å². The van der Waals surface area contributed by atoms with E-state index in [1.807, 2.05) is 19.2 Å². The van der Waals surface area contributed by atoms with Gasteiger partial charge in [-0.3, -0.25) is 4.99 Å². The zero-order chi connectivity index (χ0) is 18.2. The van der Waals surface area contributed by atoms with Crippen LogP contribution in [0.15, 0.2) is 52.1 Å². The fraction of sp³-hybridized carbons (Fsp3) is 0.476. The number of aliphatic imine (C=N–C) groups is 1. The monoisotopic (exact) mass is 354 g/mol. The van der Waals surface area contributed by atoms with Gasteiger partial charge in [0.25, 0.3) is 0 Å². The Morgan fingerprint density at radius 3 is 2.58 bits per heavy atom. The van der Waals surface area contributed by atoms with E-state index in [4.69, 9.17) is 4.42 Å². The lowest BCUT2D eigenvalue weighted by molar-refractivity contribution is 0.469. The summed E-state index contributed by atoms with van der Waals surface area (Å²) in [4.78, 5) is 9.03. The second-order valence-electron chi connectivity index (χ2n) is 6.87. The molecular weight excluding hydrogens is 324 g/mol. The first-order valence-corrected chi connectivity index (χ1v) is 9.54. The normalized spacial score (nSPS) is 15.2. The Balaban J connectivity index is 1.49. The molecule has 1 fully saturated rings. The first-order chi connectivity index (χ1) is 12.8. The predicted octanol–water partition coefficient (Wildman–Crippen LogP) is 3.52. The third kappa shape index (κ3) is 5.04. The Labute approximate surface area is 156 Å². The van der Waals surface area contributed by atoms with Crippen molar-refractivity contribution < 1.29 is 4.42 Å². The Morgan fingerprint density at radius 1 is 1.15 bits per heavy atom. The van der Waals surface area contributed by atoms with Gasteiger partial charge >= 0.3 is 0 Å². The van der Waals surface area contributed by atoms with Crippen LogP contribution in [0.1, 0.15) is 30.6 Å². The average Bonchev–Trinajstić information content (AvgIpc) is 3.20. The summed E-state index contributed by atoms with van der Waals surface area (Å²) in [7, 11) is 3.89.